The van der Waals surface area contributed by atoms with Gasteiger partial charge in [-0.05, 0) is 13.8 Å². The number of rotatable bonds is 5. The molecule has 0 spiro atoms. The van der Waals surface area contributed by atoms with E-state index in [9.17, 15) is 4.79 Å². The van der Waals surface area contributed by atoms with Gasteiger partial charge in [0, 0.05) is 12.2 Å². The second kappa shape index (κ2) is 5.88. The lowest BCUT2D eigenvalue weighted by Crippen LogP contribution is -2.08. The second-order valence-electron chi connectivity index (χ2n) is 1.88. The summed E-state index contributed by atoms with van der Waals surface area (Å²) in [6.07, 6.45) is 0. The second-order valence-corrected chi connectivity index (χ2v) is 1.88. The van der Waals surface area contributed by atoms with E-state index in [0.29, 0.717) is 12.2 Å². The van der Waals surface area contributed by atoms with Gasteiger partial charge < -0.3 is 4.74 Å². The highest BCUT2D eigenvalue weighted by Gasteiger charge is 2.02. The van der Waals surface area contributed by atoms with Gasteiger partial charge in [0.1, 0.15) is 0 Å². The molecule has 64 valence electrons. The van der Waals surface area contributed by atoms with Crippen LogP contribution in [0.15, 0.2) is 12.2 Å². The molecule has 4 heteroatoms. The molecule has 0 rings (SSSR count). The van der Waals surface area contributed by atoms with Crippen molar-refractivity contribution in [3.63, 3.8) is 0 Å². The Hall–Kier alpha value is -0.870. The Morgan fingerprint density at radius 1 is 1.55 bits per heavy atom. The summed E-state index contributed by atoms with van der Waals surface area (Å²) in [6, 6.07) is 0. The van der Waals surface area contributed by atoms with Crippen LogP contribution in [0.5, 0.6) is 0 Å². The molecule has 0 aliphatic rings. The van der Waals surface area contributed by atoms with Crippen molar-refractivity contribution in [3.05, 3.63) is 12.2 Å². The van der Waals surface area contributed by atoms with Gasteiger partial charge in [0.25, 0.3) is 0 Å². The minimum Gasteiger partial charge on any atom is -0.351 e. The first-order valence-corrected chi connectivity index (χ1v) is 3.25. The zero-order valence-corrected chi connectivity index (χ0v) is 6.75. The average Bonchev–Trinajstić information content (AvgIpc) is 1.97. The Morgan fingerprint density at radius 2 is 2.18 bits per heavy atom. The van der Waals surface area contributed by atoms with Gasteiger partial charge in [0.15, 0.2) is 6.79 Å². The first-order valence-electron chi connectivity index (χ1n) is 3.25. The molecular weight excluding hydrogens is 148 g/mol. The van der Waals surface area contributed by atoms with E-state index in [1.807, 2.05) is 6.92 Å². The van der Waals surface area contributed by atoms with E-state index < -0.39 is 5.97 Å². The molecular formula is C7H12O4. The van der Waals surface area contributed by atoms with Crippen molar-refractivity contribution in [2.24, 2.45) is 0 Å². The van der Waals surface area contributed by atoms with Crippen molar-refractivity contribution in [1.82, 2.24) is 0 Å². The topological polar surface area (TPSA) is 44.8 Å². The fourth-order valence-corrected chi connectivity index (χ4v) is 0.266. The van der Waals surface area contributed by atoms with Crippen molar-refractivity contribution >= 4 is 5.97 Å². The van der Waals surface area contributed by atoms with Crippen LogP contribution in [0, 0.1) is 0 Å². The Kier molecular flexibility index (Phi) is 5.42. The van der Waals surface area contributed by atoms with Gasteiger partial charge in [0.05, 0.1) is 0 Å². The lowest BCUT2D eigenvalue weighted by Gasteiger charge is -2.01. The van der Waals surface area contributed by atoms with Crippen LogP contribution < -0.4 is 0 Å². The van der Waals surface area contributed by atoms with Gasteiger partial charge in [-0.15, -0.1) is 0 Å². The van der Waals surface area contributed by atoms with Crippen LogP contribution in [0.4, 0.5) is 0 Å². The van der Waals surface area contributed by atoms with Gasteiger partial charge in [0.2, 0.25) is 0 Å². The molecule has 0 saturated heterocycles. The summed E-state index contributed by atoms with van der Waals surface area (Å²) in [5, 5.41) is 0. The molecule has 0 aromatic carbocycles. The molecule has 0 fully saturated rings. The zero-order chi connectivity index (χ0) is 8.69. The van der Waals surface area contributed by atoms with E-state index >= 15 is 0 Å². The van der Waals surface area contributed by atoms with Crippen LogP contribution >= 0.6 is 0 Å². The molecule has 0 atom stereocenters. The van der Waals surface area contributed by atoms with E-state index in [2.05, 4.69) is 16.4 Å². The Morgan fingerprint density at radius 3 is 2.64 bits per heavy atom. The third-order valence-electron chi connectivity index (χ3n) is 0.819. The maximum Gasteiger partial charge on any atom is 0.368 e. The molecule has 0 unspecified atom stereocenters. The highest BCUT2D eigenvalue weighted by molar-refractivity contribution is 5.86. The van der Waals surface area contributed by atoms with E-state index in [0.717, 1.165) is 0 Å². The van der Waals surface area contributed by atoms with Crippen molar-refractivity contribution in [2.75, 3.05) is 13.4 Å². The Bertz CT molecular complexity index is 141. The molecule has 0 N–H and O–H groups in total. The van der Waals surface area contributed by atoms with Crippen LogP contribution in [-0.2, 0) is 19.3 Å². The first-order chi connectivity index (χ1) is 5.18. The van der Waals surface area contributed by atoms with E-state index in [-0.39, 0.29) is 6.79 Å². The third-order valence-corrected chi connectivity index (χ3v) is 0.819. The molecule has 0 heterocycles. The first kappa shape index (κ1) is 10.1. The minimum atomic E-state index is -0.579. The van der Waals surface area contributed by atoms with Gasteiger partial charge in [-0.2, -0.15) is 4.89 Å². The van der Waals surface area contributed by atoms with Crippen LogP contribution in [0.25, 0.3) is 0 Å². The number of hydrogen-bond acceptors (Lipinski definition) is 4. The van der Waals surface area contributed by atoms with Crippen molar-refractivity contribution < 1.29 is 19.3 Å². The average molecular weight is 160 g/mol. The van der Waals surface area contributed by atoms with Crippen LogP contribution in [0.3, 0.4) is 0 Å². The predicted molar refractivity (Wildman–Crippen MR) is 38.5 cm³/mol. The van der Waals surface area contributed by atoms with Crippen molar-refractivity contribution in [1.29, 1.82) is 0 Å². The SMILES string of the molecule is C=C(C)C(=O)OOCOCC. The number of ether oxygens (including phenoxy) is 1. The maximum atomic E-state index is 10.6. The molecule has 0 bridgehead atoms. The summed E-state index contributed by atoms with van der Waals surface area (Å²) in [7, 11) is 0. The number of carbonyl (C=O) groups excluding carboxylic acids is 1. The lowest BCUT2D eigenvalue weighted by atomic mass is 10.4. The number of hydrogen-bond donors (Lipinski definition) is 0. The van der Waals surface area contributed by atoms with Crippen molar-refractivity contribution in [3.8, 4) is 0 Å². The van der Waals surface area contributed by atoms with Gasteiger partial charge in [-0.1, -0.05) is 6.58 Å². The number of carbonyl (C=O) groups is 1. The molecule has 0 saturated carbocycles. The molecule has 0 aliphatic carbocycles. The van der Waals surface area contributed by atoms with E-state index in [1.165, 1.54) is 6.92 Å². The van der Waals surface area contributed by atoms with Gasteiger partial charge >= 0.3 is 5.97 Å². The monoisotopic (exact) mass is 160 g/mol. The van der Waals surface area contributed by atoms with Crippen LogP contribution in [-0.4, -0.2) is 19.4 Å². The van der Waals surface area contributed by atoms with E-state index in [4.69, 9.17) is 4.74 Å². The lowest BCUT2D eigenvalue weighted by molar-refractivity contribution is -0.306. The molecule has 0 radical (unpaired) electrons. The van der Waals surface area contributed by atoms with Gasteiger partial charge in [-0.3, -0.25) is 4.89 Å². The molecule has 0 aromatic rings. The molecule has 0 aromatic heterocycles. The summed E-state index contributed by atoms with van der Waals surface area (Å²) in [5.41, 5.74) is 0.293. The molecule has 11 heavy (non-hydrogen) atoms. The van der Waals surface area contributed by atoms with E-state index in [1.54, 1.807) is 0 Å². The largest absolute Gasteiger partial charge is 0.368 e. The summed E-state index contributed by atoms with van der Waals surface area (Å²) >= 11 is 0. The third kappa shape index (κ3) is 5.57. The van der Waals surface area contributed by atoms with Crippen molar-refractivity contribution in [2.45, 2.75) is 13.8 Å². The highest BCUT2D eigenvalue weighted by Crippen LogP contribution is 1.92. The van der Waals surface area contributed by atoms with Crippen LogP contribution in [0.1, 0.15) is 13.8 Å². The normalized spacial score (nSPS) is 9.27. The minimum absolute atomic E-state index is 0.0461. The van der Waals surface area contributed by atoms with Gasteiger partial charge in [-0.25, -0.2) is 4.79 Å². The summed E-state index contributed by atoms with van der Waals surface area (Å²) < 4.78 is 4.73. The summed E-state index contributed by atoms with van der Waals surface area (Å²) in [4.78, 5) is 19.2. The maximum absolute atomic E-state index is 10.6. The standard InChI is InChI=1S/C7H12O4/c1-4-9-5-10-11-7(8)6(2)3/h2,4-5H2,1,3H3. The quantitative estimate of drug-likeness (QED) is 0.198. The predicted octanol–water partition coefficient (Wildman–Crippen LogP) is 1.03. The summed E-state index contributed by atoms with van der Waals surface area (Å²) in [5.74, 6) is -0.579. The fraction of sp³-hybridized carbons (Fsp3) is 0.571. The zero-order valence-electron chi connectivity index (χ0n) is 6.75. The Balaban J connectivity index is 3.25. The Labute approximate surface area is 65.7 Å². The highest BCUT2D eigenvalue weighted by atomic mass is 17.2. The summed E-state index contributed by atoms with van der Waals surface area (Å²) in [6.45, 7) is 7.17. The fourth-order valence-electron chi connectivity index (χ4n) is 0.266. The van der Waals surface area contributed by atoms with Crippen LogP contribution in [0.2, 0.25) is 0 Å². The molecule has 0 amide bonds. The molecule has 4 nitrogen and oxygen atoms in total. The smallest absolute Gasteiger partial charge is 0.351 e. The molecule has 0 aliphatic heterocycles.